The van der Waals surface area contributed by atoms with E-state index in [0.717, 1.165) is 32.5 Å². The van der Waals surface area contributed by atoms with Gasteiger partial charge in [0.1, 0.15) is 5.82 Å². The van der Waals surface area contributed by atoms with Gasteiger partial charge in [0.15, 0.2) is 0 Å². The summed E-state index contributed by atoms with van der Waals surface area (Å²) < 4.78 is 7.61. The molecule has 16 heavy (non-hydrogen) atoms. The monoisotopic (exact) mass is 222 g/mol. The van der Waals surface area contributed by atoms with Crippen LogP contribution < -0.4 is 5.73 Å². The van der Waals surface area contributed by atoms with Gasteiger partial charge in [-0.05, 0) is 20.0 Å². The van der Waals surface area contributed by atoms with Gasteiger partial charge in [0, 0.05) is 18.5 Å². The zero-order chi connectivity index (χ0) is 11.1. The molecule has 3 rings (SSSR count). The zero-order valence-corrected chi connectivity index (χ0v) is 9.65. The number of anilines is 1. The van der Waals surface area contributed by atoms with Gasteiger partial charge in [-0.2, -0.15) is 5.10 Å². The standard InChI is InChI=1S/C11H18N4O/c1-14-4-2-8(6-14)15-10-7-16-5-3-9(10)11(12)13-15/h8H,2-7H2,1H3,(H2,12,13). The number of fused-ring (bicyclic) bond motifs is 1. The Morgan fingerprint density at radius 1 is 1.50 bits per heavy atom. The van der Waals surface area contributed by atoms with Crippen molar-refractivity contribution in [2.45, 2.75) is 25.5 Å². The van der Waals surface area contributed by atoms with Crippen molar-refractivity contribution in [1.82, 2.24) is 14.7 Å². The van der Waals surface area contributed by atoms with E-state index in [2.05, 4.69) is 21.7 Å². The van der Waals surface area contributed by atoms with Gasteiger partial charge in [0.2, 0.25) is 0 Å². The molecule has 0 aliphatic carbocycles. The van der Waals surface area contributed by atoms with Crippen molar-refractivity contribution in [2.24, 2.45) is 0 Å². The smallest absolute Gasteiger partial charge is 0.149 e. The first kappa shape index (κ1) is 10.1. The molecule has 1 fully saturated rings. The lowest BCUT2D eigenvalue weighted by Crippen LogP contribution is -2.20. The van der Waals surface area contributed by atoms with Crippen molar-refractivity contribution in [1.29, 1.82) is 0 Å². The second-order valence-electron chi connectivity index (χ2n) is 4.76. The maximum absolute atomic E-state index is 5.96. The van der Waals surface area contributed by atoms with E-state index in [-0.39, 0.29) is 0 Å². The fourth-order valence-corrected chi connectivity index (χ4v) is 2.70. The first-order chi connectivity index (χ1) is 7.75. The Morgan fingerprint density at radius 2 is 2.38 bits per heavy atom. The Kier molecular flexibility index (Phi) is 2.37. The average Bonchev–Trinajstić information content (AvgIpc) is 2.84. The molecule has 2 aliphatic rings. The molecule has 1 saturated heterocycles. The van der Waals surface area contributed by atoms with Crippen LogP contribution in [0.2, 0.25) is 0 Å². The summed E-state index contributed by atoms with van der Waals surface area (Å²) in [6.07, 6.45) is 2.06. The van der Waals surface area contributed by atoms with Crippen LogP contribution in [0.5, 0.6) is 0 Å². The van der Waals surface area contributed by atoms with E-state index in [1.165, 1.54) is 11.3 Å². The van der Waals surface area contributed by atoms with Crippen LogP contribution in [0.15, 0.2) is 0 Å². The Labute approximate surface area is 95.2 Å². The summed E-state index contributed by atoms with van der Waals surface area (Å²) in [6, 6.07) is 0.470. The normalized spacial score (nSPS) is 25.9. The molecule has 1 atom stereocenters. The highest BCUT2D eigenvalue weighted by molar-refractivity contribution is 5.43. The van der Waals surface area contributed by atoms with Crippen LogP contribution in [0.3, 0.4) is 0 Å². The quantitative estimate of drug-likeness (QED) is 0.748. The number of likely N-dealkylation sites (tertiary alicyclic amines) is 1. The number of nitrogens with two attached hydrogens (primary N) is 1. The van der Waals surface area contributed by atoms with E-state index < -0.39 is 0 Å². The molecular weight excluding hydrogens is 204 g/mol. The highest BCUT2D eigenvalue weighted by atomic mass is 16.5. The molecule has 5 heteroatoms. The summed E-state index contributed by atoms with van der Waals surface area (Å²) in [7, 11) is 2.15. The Balaban J connectivity index is 1.95. The third-order valence-corrected chi connectivity index (χ3v) is 3.60. The number of hydrogen-bond acceptors (Lipinski definition) is 4. The highest BCUT2D eigenvalue weighted by Crippen LogP contribution is 2.28. The molecule has 0 spiro atoms. The maximum Gasteiger partial charge on any atom is 0.149 e. The first-order valence-electron chi connectivity index (χ1n) is 5.87. The molecule has 0 bridgehead atoms. The first-order valence-corrected chi connectivity index (χ1v) is 5.87. The summed E-state index contributed by atoms with van der Waals surface area (Å²) in [6.45, 7) is 3.64. The fourth-order valence-electron chi connectivity index (χ4n) is 2.70. The van der Waals surface area contributed by atoms with Gasteiger partial charge >= 0.3 is 0 Å². The van der Waals surface area contributed by atoms with Crippen LogP contribution in [-0.2, 0) is 17.8 Å². The molecule has 5 nitrogen and oxygen atoms in total. The molecule has 1 unspecified atom stereocenters. The maximum atomic E-state index is 5.96. The lowest BCUT2D eigenvalue weighted by atomic mass is 10.1. The van der Waals surface area contributed by atoms with Crippen LogP contribution >= 0.6 is 0 Å². The van der Waals surface area contributed by atoms with E-state index in [1.54, 1.807) is 0 Å². The zero-order valence-electron chi connectivity index (χ0n) is 9.65. The summed E-state index contributed by atoms with van der Waals surface area (Å²) in [5.74, 6) is 0.702. The van der Waals surface area contributed by atoms with Gasteiger partial charge in [-0.15, -0.1) is 0 Å². The van der Waals surface area contributed by atoms with E-state index in [1.807, 2.05) is 0 Å². The molecule has 1 aromatic rings. The van der Waals surface area contributed by atoms with E-state index in [0.29, 0.717) is 18.5 Å². The predicted molar refractivity (Wildman–Crippen MR) is 61.2 cm³/mol. The number of hydrogen-bond donors (Lipinski definition) is 1. The number of aromatic nitrogens is 2. The molecule has 0 aromatic carbocycles. The second-order valence-corrected chi connectivity index (χ2v) is 4.76. The summed E-state index contributed by atoms with van der Waals surface area (Å²) in [5, 5.41) is 4.50. The van der Waals surface area contributed by atoms with Crippen LogP contribution in [0.4, 0.5) is 5.82 Å². The Hall–Kier alpha value is -1.07. The molecular formula is C11H18N4O. The lowest BCUT2D eigenvalue weighted by Gasteiger charge is -2.18. The van der Waals surface area contributed by atoms with E-state index in [4.69, 9.17) is 10.5 Å². The van der Waals surface area contributed by atoms with Gasteiger partial charge in [-0.1, -0.05) is 0 Å². The molecule has 2 N–H and O–H groups in total. The van der Waals surface area contributed by atoms with Crippen molar-refractivity contribution >= 4 is 5.82 Å². The van der Waals surface area contributed by atoms with Crippen LogP contribution in [0.25, 0.3) is 0 Å². The van der Waals surface area contributed by atoms with Gasteiger partial charge in [-0.3, -0.25) is 4.68 Å². The van der Waals surface area contributed by atoms with Crippen molar-refractivity contribution in [3.8, 4) is 0 Å². The summed E-state index contributed by atoms with van der Waals surface area (Å²) in [4.78, 5) is 2.33. The second kappa shape index (κ2) is 3.75. The molecule has 1 aromatic heterocycles. The SMILES string of the molecule is CN1CCC(n2nc(N)c3c2COCC3)C1. The summed E-state index contributed by atoms with van der Waals surface area (Å²) >= 11 is 0. The molecule has 0 radical (unpaired) electrons. The third kappa shape index (κ3) is 1.51. The molecule has 2 aliphatic heterocycles. The van der Waals surface area contributed by atoms with Gasteiger partial charge in [0.25, 0.3) is 0 Å². The highest BCUT2D eigenvalue weighted by Gasteiger charge is 2.27. The van der Waals surface area contributed by atoms with Crippen molar-refractivity contribution in [3.63, 3.8) is 0 Å². The van der Waals surface area contributed by atoms with Crippen molar-refractivity contribution in [2.75, 3.05) is 32.5 Å². The van der Waals surface area contributed by atoms with E-state index >= 15 is 0 Å². The van der Waals surface area contributed by atoms with Gasteiger partial charge in [-0.25, -0.2) is 0 Å². The minimum absolute atomic E-state index is 0.470. The Morgan fingerprint density at radius 3 is 3.12 bits per heavy atom. The van der Waals surface area contributed by atoms with E-state index in [9.17, 15) is 0 Å². The van der Waals surface area contributed by atoms with Crippen molar-refractivity contribution < 1.29 is 4.74 Å². The average molecular weight is 222 g/mol. The Bertz CT molecular complexity index is 401. The van der Waals surface area contributed by atoms with Gasteiger partial charge in [0.05, 0.1) is 24.9 Å². The number of nitrogen functional groups attached to an aromatic ring is 1. The van der Waals surface area contributed by atoms with Crippen molar-refractivity contribution in [3.05, 3.63) is 11.3 Å². The van der Waals surface area contributed by atoms with Crippen LogP contribution in [0, 0.1) is 0 Å². The van der Waals surface area contributed by atoms with Crippen LogP contribution in [-0.4, -0.2) is 41.4 Å². The molecule has 88 valence electrons. The number of rotatable bonds is 1. The molecule has 3 heterocycles. The number of likely N-dealkylation sites (N-methyl/N-ethyl adjacent to an activating group) is 1. The number of nitrogens with zero attached hydrogens (tertiary/aromatic N) is 3. The van der Waals surface area contributed by atoms with Gasteiger partial charge < -0.3 is 15.4 Å². The topological polar surface area (TPSA) is 56.3 Å². The largest absolute Gasteiger partial charge is 0.382 e. The van der Waals surface area contributed by atoms with Crippen LogP contribution in [0.1, 0.15) is 23.7 Å². The number of ether oxygens (including phenoxy) is 1. The minimum Gasteiger partial charge on any atom is -0.382 e. The fraction of sp³-hybridized carbons (Fsp3) is 0.727. The lowest BCUT2D eigenvalue weighted by molar-refractivity contribution is 0.103. The third-order valence-electron chi connectivity index (χ3n) is 3.60. The molecule has 0 amide bonds. The minimum atomic E-state index is 0.470. The predicted octanol–water partition coefficient (Wildman–Crippen LogP) is 0.415. The summed E-state index contributed by atoms with van der Waals surface area (Å²) in [5.41, 5.74) is 8.37. The molecule has 0 saturated carbocycles.